The highest BCUT2D eigenvalue weighted by molar-refractivity contribution is 9.10. The van der Waals surface area contributed by atoms with E-state index in [0.29, 0.717) is 24.7 Å². The van der Waals surface area contributed by atoms with Crippen LogP contribution >= 0.6 is 15.9 Å². The normalized spacial score (nSPS) is 14.9. The largest absolute Gasteiger partial charge is 0.486 e. The first-order chi connectivity index (χ1) is 10.1. The number of hydrogen-bond donors (Lipinski definition) is 1. The standard InChI is InChI=1S/C15H11BrF2O3/c16-9-4-5-10(17)12(13(9)18)14(19)8-2-1-3-11-15(8)21-7-6-20-11/h1-5,14,19H,6-7H2. The molecule has 0 fully saturated rings. The van der Waals surface area contributed by atoms with Crippen molar-refractivity contribution in [1.29, 1.82) is 0 Å². The van der Waals surface area contributed by atoms with E-state index in [9.17, 15) is 13.9 Å². The lowest BCUT2D eigenvalue weighted by Crippen LogP contribution is -2.18. The number of aliphatic hydroxyl groups excluding tert-OH is 1. The molecule has 0 radical (unpaired) electrons. The first kappa shape index (κ1) is 14.3. The molecule has 110 valence electrons. The molecule has 2 aromatic rings. The van der Waals surface area contributed by atoms with Gasteiger partial charge in [0.25, 0.3) is 0 Å². The summed E-state index contributed by atoms with van der Waals surface area (Å²) in [4.78, 5) is 0. The van der Waals surface area contributed by atoms with Gasteiger partial charge >= 0.3 is 0 Å². The fourth-order valence-electron chi connectivity index (χ4n) is 2.26. The zero-order valence-corrected chi connectivity index (χ0v) is 12.4. The van der Waals surface area contributed by atoms with Crippen LogP contribution in [0.4, 0.5) is 8.78 Å². The number of aliphatic hydroxyl groups is 1. The molecule has 2 aromatic carbocycles. The summed E-state index contributed by atoms with van der Waals surface area (Å²) >= 11 is 2.99. The Hall–Kier alpha value is -1.66. The molecule has 1 N–H and O–H groups in total. The maximum Gasteiger partial charge on any atom is 0.167 e. The highest BCUT2D eigenvalue weighted by Gasteiger charge is 2.27. The van der Waals surface area contributed by atoms with Crippen molar-refractivity contribution in [2.45, 2.75) is 6.10 Å². The van der Waals surface area contributed by atoms with Crippen LogP contribution in [0, 0.1) is 11.6 Å². The van der Waals surface area contributed by atoms with Crippen LogP contribution in [0.3, 0.4) is 0 Å². The minimum Gasteiger partial charge on any atom is -0.486 e. The van der Waals surface area contributed by atoms with Crippen molar-refractivity contribution < 1.29 is 23.4 Å². The van der Waals surface area contributed by atoms with Gasteiger partial charge in [-0.25, -0.2) is 8.78 Å². The summed E-state index contributed by atoms with van der Waals surface area (Å²) in [5.74, 6) is -0.891. The Kier molecular flexibility index (Phi) is 3.82. The Labute approximate surface area is 128 Å². The molecular weight excluding hydrogens is 346 g/mol. The van der Waals surface area contributed by atoms with E-state index in [1.54, 1.807) is 18.2 Å². The summed E-state index contributed by atoms with van der Waals surface area (Å²) in [6.07, 6.45) is -1.49. The Morgan fingerprint density at radius 2 is 1.86 bits per heavy atom. The number of halogens is 3. The molecule has 1 aliphatic heterocycles. The van der Waals surface area contributed by atoms with E-state index in [2.05, 4.69) is 15.9 Å². The Bertz CT molecular complexity index is 691. The lowest BCUT2D eigenvalue weighted by molar-refractivity contribution is 0.156. The van der Waals surface area contributed by atoms with Crippen molar-refractivity contribution in [2.24, 2.45) is 0 Å². The molecule has 0 bridgehead atoms. The third-order valence-corrected chi connectivity index (χ3v) is 3.86. The van der Waals surface area contributed by atoms with Gasteiger partial charge in [-0.3, -0.25) is 0 Å². The number of fused-ring (bicyclic) bond motifs is 1. The second kappa shape index (κ2) is 5.61. The fraction of sp³-hybridized carbons (Fsp3) is 0.200. The number of hydrogen-bond acceptors (Lipinski definition) is 3. The minimum absolute atomic E-state index is 0.0833. The first-order valence-electron chi connectivity index (χ1n) is 6.29. The summed E-state index contributed by atoms with van der Waals surface area (Å²) in [5.41, 5.74) is -0.157. The molecule has 3 rings (SSSR count). The molecular formula is C15H11BrF2O3. The van der Waals surface area contributed by atoms with Gasteiger partial charge in [-0.05, 0) is 34.1 Å². The molecule has 0 aromatic heterocycles. The van der Waals surface area contributed by atoms with Crippen molar-refractivity contribution in [3.05, 3.63) is 57.6 Å². The van der Waals surface area contributed by atoms with Gasteiger partial charge in [0.05, 0.1) is 10.0 Å². The van der Waals surface area contributed by atoms with Crippen LogP contribution in [0.5, 0.6) is 11.5 Å². The molecule has 0 spiro atoms. The molecule has 0 aliphatic carbocycles. The lowest BCUT2D eigenvalue weighted by atomic mass is 9.99. The van der Waals surface area contributed by atoms with Crippen LogP contribution in [0.2, 0.25) is 0 Å². The van der Waals surface area contributed by atoms with Gasteiger partial charge < -0.3 is 14.6 Å². The van der Waals surface area contributed by atoms with Crippen molar-refractivity contribution in [3.8, 4) is 11.5 Å². The van der Waals surface area contributed by atoms with E-state index < -0.39 is 23.3 Å². The van der Waals surface area contributed by atoms with Crippen LogP contribution in [0.1, 0.15) is 17.2 Å². The summed E-state index contributed by atoms with van der Waals surface area (Å²) in [7, 11) is 0. The number of ether oxygens (including phenoxy) is 2. The highest BCUT2D eigenvalue weighted by Crippen LogP contribution is 2.40. The third kappa shape index (κ3) is 2.49. The fourth-order valence-corrected chi connectivity index (χ4v) is 2.61. The molecule has 1 aliphatic rings. The van der Waals surface area contributed by atoms with Gasteiger partial charge in [0.15, 0.2) is 11.5 Å². The predicted molar refractivity (Wildman–Crippen MR) is 75.6 cm³/mol. The van der Waals surface area contributed by atoms with Crippen LogP contribution in [-0.2, 0) is 0 Å². The van der Waals surface area contributed by atoms with Crippen LogP contribution in [-0.4, -0.2) is 18.3 Å². The number of rotatable bonds is 2. The van der Waals surface area contributed by atoms with E-state index in [1.165, 1.54) is 6.07 Å². The minimum atomic E-state index is -1.49. The van der Waals surface area contributed by atoms with E-state index in [0.717, 1.165) is 6.07 Å². The topological polar surface area (TPSA) is 38.7 Å². The summed E-state index contributed by atoms with van der Waals surface area (Å²) in [6, 6.07) is 7.22. The molecule has 6 heteroatoms. The molecule has 1 atom stereocenters. The van der Waals surface area contributed by atoms with Gasteiger partial charge in [-0.2, -0.15) is 0 Å². The third-order valence-electron chi connectivity index (χ3n) is 3.24. The molecule has 0 saturated carbocycles. The van der Waals surface area contributed by atoms with Gasteiger partial charge in [0, 0.05) is 5.56 Å². The number of para-hydroxylation sites is 1. The Morgan fingerprint density at radius 1 is 1.10 bits per heavy atom. The summed E-state index contributed by atoms with van der Waals surface area (Å²) in [5, 5.41) is 10.4. The summed E-state index contributed by atoms with van der Waals surface area (Å²) < 4.78 is 39.0. The quantitative estimate of drug-likeness (QED) is 0.836. The van der Waals surface area contributed by atoms with E-state index >= 15 is 0 Å². The monoisotopic (exact) mass is 356 g/mol. The maximum atomic E-state index is 14.1. The average molecular weight is 357 g/mol. The molecule has 1 unspecified atom stereocenters. The smallest absolute Gasteiger partial charge is 0.167 e. The second-order valence-corrected chi connectivity index (χ2v) is 5.39. The SMILES string of the molecule is OC(c1cccc2c1OCCO2)c1c(F)ccc(Br)c1F. The second-order valence-electron chi connectivity index (χ2n) is 4.53. The molecule has 21 heavy (non-hydrogen) atoms. The van der Waals surface area contributed by atoms with E-state index in [1.807, 2.05) is 0 Å². The summed E-state index contributed by atoms with van der Waals surface area (Å²) in [6.45, 7) is 0.715. The van der Waals surface area contributed by atoms with Crippen molar-refractivity contribution in [2.75, 3.05) is 13.2 Å². The highest BCUT2D eigenvalue weighted by atomic mass is 79.9. The Balaban J connectivity index is 2.12. The zero-order chi connectivity index (χ0) is 15.0. The van der Waals surface area contributed by atoms with Gasteiger partial charge in [0.2, 0.25) is 0 Å². The average Bonchev–Trinajstić information content (AvgIpc) is 2.50. The molecule has 1 heterocycles. The van der Waals surface area contributed by atoms with E-state index in [-0.39, 0.29) is 10.0 Å². The molecule has 0 amide bonds. The zero-order valence-electron chi connectivity index (χ0n) is 10.8. The molecule has 3 nitrogen and oxygen atoms in total. The van der Waals surface area contributed by atoms with Crippen LogP contribution in [0.25, 0.3) is 0 Å². The first-order valence-corrected chi connectivity index (χ1v) is 7.09. The van der Waals surface area contributed by atoms with Gasteiger partial charge in [-0.1, -0.05) is 12.1 Å². The molecule has 0 saturated heterocycles. The van der Waals surface area contributed by atoms with Crippen molar-refractivity contribution >= 4 is 15.9 Å². The lowest BCUT2D eigenvalue weighted by Gasteiger charge is -2.23. The van der Waals surface area contributed by atoms with Crippen LogP contribution in [0.15, 0.2) is 34.8 Å². The van der Waals surface area contributed by atoms with Gasteiger partial charge in [0.1, 0.15) is 31.0 Å². The Morgan fingerprint density at radius 3 is 2.67 bits per heavy atom. The predicted octanol–water partition coefficient (Wildman–Crippen LogP) is 3.58. The number of benzene rings is 2. The maximum absolute atomic E-state index is 14.1. The van der Waals surface area contributed by atoms with E-state index in [4.69, 9.17) is 9.47 Å². The van der Waals surface area contributed by atoms with Crippen LogP contribution < -0.4 is 9.47 Å². The van der Waals surface area contributed by atoms with Crippen molar-refractivity contribution in [1.82, 2.24) is 0 Å². The van der Waals surface area contributed by atoms with Gasteiger partial charge in [-0.15, -0.1) is 0 Å². The van der Waals surface area contributed by atoms with Crippen molar-refractivity contribution in [3.63, 3.8) is 0 Å².